The van der Waals surface area contributed by atoms with Crippen LogP contribution in [0.1, 0.15) is 11.1 Å². The number of halogens is 3. The Kier molecular flexibility index (Phi) is 7.17. The molecule has 0 spiro atoms. The Bertz CT molecular complexity index is 644. The van der Waals surface area contributed by atoms with E-state index in [1.165, 1.54) is 0 Å². The van der Waals surface area contributed by atoms with E-state index in [-0.39, 0.29) is 30.9 Å². The molecule has 0 saturated carbocycles. The topological polar surface area (TPSA) is 50.4 Å². The molecule has 0 fully saturated rings. The summed E-state index contributed by atoms with van der Waals surface area (Å²) in [5, 5.41) is 4.15. The molecule has 0 aliphatic carbocycles. The van der Waals surface area contributed by atoms with Gasteiger partial charge in [-0.25, -0.2) is 0 Å². The van der Waals surface area contributed by atoms with Crippen molar-refractivity contribution in [2.75, 3.05) is 18.4 Å². The molecule has 1 unspecified atom stereocenters. The second kappa shape index (κ2) is 8.39. The zero-order valence-electron chi connectivity index (χ0n) is 11.8. The van der Waals surface area contributed by atoms with E-state index in [9.17, 15) is 0 Å². The van der Waals surface area contributed by atoms with E-state index in [2.05, 4.69) is 17.4 Å². The highest BCUT2D eigenvalue weighted by Crippen LogP contribution is 2.26. The summed E-state index contributed by atoms with van der Waals surface area (Å²) < 4.78 is 0. The Balaban J connectivity index is 0.00000121. The van der Waals surface area contributed by atoms with E-state index < -0.39 is 0 Å². The number of nitrogens with zero attached hydrogens (tertiary/aromatic N) is 1. The molecule has 3 nitrogen and oxygen atoms in total. The third-order valence-electron chi connectivity index (χ3n) is 3.40. The zero-order chi connectivity index (χ0) is 13.9. The molecule has 0 aromatic heterocycles. The van der Waals surface area contributed by atoms with Crippen molar-refractivity contribution in [2.24, 2.45) is 10.7 Å². The van der Waals surface area contributed by atoms with Crippen LogP contribution in [0.4, 0.5) is 5.69 Å². The lowest BCUT2D eigenvalue weighted by atomic mass is 10.0. The number of benzene rings is 2. The van der Waals surface area contributed by atoms with Crippen LogP contribution in [-0.4, -0.2) is 24.8 Å². The maximum atomic E-state index is 6.15. The number of hydrogen-bond donors (Lipinski definition) is 2. The number of nitrogens with two attached hydrogens (primary N) is 1. The molecule has 0 saturated heterocycles. The minimum atomic E-state index is 0. The zero-order valence-corrected chi connectivity index (χ0v) is 14.2. The summed E-state index contributed by atoms with van der Waals surface area (Å²) in [6.07, 6.45) is 0. The fourth-order valence-corrected chi connectivity index (χ4v) is 2.54. The van der Waals surface area contributed by atoms with Gasteiger partial charge in [0.1, 0.15) is 0 Å². The molecule has 1 aliphatic heterocycles. The molecule has 2 aromatic carbocycles. The third-order valence-corrected chi connectivity index (χ3v) is 3.63. The number of hydrogen-bond acceptors (Lipinski definition) is 3. The number of anilines is 1. The number of fused-ring (bicyclic) bond motifs is 1. The summed E-state index contributed by atoms with van der Waals surface area (Å²) in [7, 11) is 0. The van der Waals surface area contributed by atoms with Crippen molar-refractivity contribution in [3.8, 4) is 0 Å². The van der Waals surface area contributed by atoms with Gasteiger partial charge >= 0.3 is 0 Å². The largest absolute Gasteiger partial charge is 0.379 e. The van der Waals surface area contributed by atoms with Gasteiger partial charge in [-0.3, -0.25) is 4.99 Å². The average Bonchev–Trinajstić information content (AvgIpc) is 2.67. The predicted molar refractivity (Wildman–Crippen MR) is 99.4 cm³/mol. The van der Waals surface area contributed by atoms with Crippen LogP contribution in [-0.2, 0) is 0 Å². The van der Waals surface area contributed by atoms with Gasteiger partial charge in [0.15, 0.2) is 0 Å². The first-order valence-electron chi connectivity index (χ1n) is 6.64. The fraction of sp³-hybridized carbons (Fsp3) is 0.188. The summed E-state index contributed by atoms with van der Waals surface area (Å²) in [4.78, 5) is 4.74. The molecule has 22 heavy (non-hydrogen) atoms. The van der Waals surface area contributed by atoms with Crippen molar-refractivity contribution >= 4 is 47.8 Å². The number of aliphatic imine (C=N–C) groups is 1. The van der Waals surface area contributed by atoms with Crippen molar-refractivity contribution in [1.29, 1.82) is 0 Å². The Morgan fingerprint density at radius 2 is 1.86 bits per heavy atom. The molecule has 0 bridgehead atoms. The summed E-state index contributed by atoms with van der Waals surface area (Å²) in [6, 6.07) is 16.1. The van der Waals surface area contributed by atoms with Crippen LogP contribution in [0.2, 0.25) is 5.02 Å². The predicted octanol–water partition coefficient (Wildman–Crippen LogP) is 3.77. The van der Waals surface area contributed by atoms with Crippen LogP contribution in [0.25, 0.3) is 0 Å². The highest BCUT2D eigenvalue weighted by molar-refractivity contribution is 6.31. The highest BCUT2D eigenvalue weighted by atomic mass is 35.5. The van der Waals surface area contributed by atoms with Crippen LogP contribution < -0.4 is 11.1 Å². The van der Waals surface area contributed by atoms with Crippen molar-refractivity contribution in [2.45, 2.75) is 6.04 Å². The first-order valence-corrected chi connectivity index (χ1v) is 7.02. The van der Waals surface area contributed by atoms with Crippen LogP contribution in [0.15, 0.2) is 53.5 Å². The molecular weight excluding hydrogens is 341 g/mol. The van der Waals surface area contributed by atoms with Gasteiger partial charge in [-0.1, -0.05) is 41.9 Å². The Morgan fingerprint density at radius 3 is 2.55 bits per heavy atom. The number of nitrogens with one attached hydrogen (secondary N) is 1. The molecule has 1 atom stereocenters. The lowest BCUT2D eigenvalue weighted by Gasteiger charge is -2.15. The van der Waals surface area contributed by atoms with Gasteiger partial charge in [-0.2, -0.15) is 0 Å². The molecule has 118 valence electrons. The maximum Gasteiger partial charge on any atom is 0.0741 e. The minimum absolute atomic E-state index is 0. The van der Waals surface area contributed by atoms with Crippen LogP contribution in [0.5, 0.6) is 0 Å². The number of rotatable bonds is 2. The van der Waals surface area contributed by atoms with E-state index in [4.69, 9.17) is 22.3 Å². The van der Waals surface area contributed by atoms with Gasteiger partial charge in [0.25, 0.3) is 0 Å². The summed E-state index contributed by atoms with van der Waals surface area (Å²) in [6.45, 7) is 1.21. The minimum Gasteiger partial charge on any atom is -0.379 e. The summed E-state index contributed by atoms with van der Waals surface area (Å²) >= 11 is 6.15. The van der Waals surface area contributed by atoms with E-state index in [0.717, 1.165) is 22.5 Å². The van der Waals surface area contributed by atoms with Crippen LogP contribution in [0, 0.1) is 0 Å². The van der Waals surface area contributed by atoms with Gasteiger partial charge in [0.2, 0.25) is 0 Å². The molecule has 3 rings (SSSR count). The average molecular weight is 359 g/mol. The first kappa shape index (κ1) is 18.8. The molecule has 0 amide bonds. The SMILES string of the molecule is Cl.Cl.NCC1CN=C(c2ccccc2)c2cc(Cl)ccc2N1. The van der Waals surface area contributed by atoms with Crippen molar-refractivity contribution < 1.29 is 0 Å². The standard InChI is InChI=1S/C16H16ClN3.2ClH/c17-12-6-7-15-14(8-12)16(11-4-2-1-3-5-11)19-10-13(9-18)20-15;;/h1-8,13,20H,9-10,18H2;2*1H. The second-order valence-corrected chi connectivity index (χ2v) is 5.26. The molecule has 3 N–H and O–H groups in total. The maximum absolute atomic E-state index is 6.15. The van der Waals surface area contributed by atoms with Crippen LogP contribution >= 0.6 is 36.4 Å². The van der Waals surface area contributed by atoms with Gasteiger partial charge in [-0.15, -0.1) is 24.8 Å². The monoisotopic (exact) mass is 357 g/mol. The molecule has 6 heteroatoms. The van der Waals surface area contributed by atoms with Gasteiger partial charge in [0, 0.05) is 28.4 Å². The quantitative estimate of drug-likeness (QED) is 0.858. The van der Waals surface area contributed by atoms with Gasteiger partial charge in [0.05, 0.1) is 18.3 Å². The summed E-state index contributed by atoms with van der Waals surface area (Å²) in [5.74, 6) is 0. The molecule has 1 aliphatic rings. The van der Waals surface area contributed by atoms with E-state index in [0.29, 0.717) is 18.1 Å². The summed E-state index contributed by atoms with van der Waals surface area (Å²) in [5.41, 5.74) is 9.90. The fourth-order valence-electron chi connectivity index (χ4n) is 2.37. The Labute approximate surface area is 147 Å². The Morgan fingerprint density at radius 1 is 1.14 bits per heavy atom. The highest BCUT2D eigenvalue weighted by Gasteiger charge is 2.18. The van der Waals surface area contributed by atoms with Crippen molar-refractivity contribution in [3.63, 3.8) is 0 Å². The smallest absolute Gasteiger partial charge is 0.0741 e. The van der Waals surface area contributed by atoms with Gasteiger partial charge < -0.3 is 11.1 Å². The lowest BCUT2D eigenvalue weighted by Crippen LogP contribution is -2.31. The Hall–Kier alpha value is -1.26. The molecular formula is C16H18Cl3N3. The van der Waals surface area contributed by atoms with E-state index >= 15 is 0 Å². The lowest BCUT2D eigenvalue weighted by molar-refractivity contribution is 0.743. The van der Waals surface area contributed by atoms with Crippen molar-refractivity contribution in [1.82, 2.24) is 0 Å². The molecule has 2 aromatic rings. The number of benzodiazepines with no additional fused rings is 1. The van der Waals surface area contributed by atoms with E-state index in [1.807, 2.05) is 36.4 Å². The normalized spacial score (nSPS) is 16.1. The van der Waals surface area contributed by atoms with Crippen LogP contribution in [0.3, 0.4) is 0 Å². The molecule has 0 radical (unpaired) electrons. The molecule has 1 heterocycles. The third kappa shape index (κ3) is 3.93. The first-order chi connectivity index (χ1) is 9.78. The van der Waals surface area contributed by atoms with E-state index in [1.54, 1.807) is 0 Å². The van der Waals surface area contributed by atoms with Gasteiger partial charge in [-0.05, 0) is 18.2 Å². The van der Waals surface area contributed by atoms with Crippen molar-refractivity contribution in [3.05, 3.63) is 64.7 Å². The second-order valence-electron chi connectivity index (χ2n) is 4.82.